The van der Waals surface area contributed by atoms with Gasteiger partial charge in [-0.25, -0.2) is 0 Å². The molecule has 2 fully saturated rings. The maximum Gasteiger partial charge on any atom is 0.0488 e. The van der Waals surface area contributed by atoms with Crippen LogP contribution in [0.2, 0.25) is 5.02 Å². The van der Waals surface area contributed by atoms with E-state index in [0.717, 1.165) is 11.4 Å². The van der Waals surface area contributed by atoms with Crippen LogP contribution in [0.1, 0.15) is 30.7 Å². The zero-order chi connectivity index (χ0) is 13.4. The van der Waals surface area contributed by atoms with Gasteiger partial charge < -0.3 is 5.21 Å². The smallest absolute Gasteiger partial charge is 0.0488 e. The van der Waals surface area contributed by atoms with Gasteiger partial charge in [-0.1, -0.05) is 23.7 Å². The van der Waals surface area contributed by atoms with Crippen molar-refractivity contribution in [3.8, 4) is 0 Å². The van der Waals surface area contributed by atoms with Crippen molar-refractivity contribution in [1.29, 1.82) is 0 Å². The van der Waals surface area contributed by atoms with Crippen molar-refractivity contribution in [2.24, 2.45) is 11.1 Å². The van der Waals surface area contributed by atoms with Crippen LogP contribution < -0.4 is 0 Å². The van der Waals surface area contributed by atoms with E-state index >= 15 is 0 Å². The molecular weight excluding hydrogens is 260 g/mol. The van der Waals surface area contributed by atoms with E-state index < -0.39 is 0 Å². The Kier molecular flexibility index (Phi) is 3.50. The van der Waals surface area contributed by atoms with Crippen molar-refractivity contribution in [1.82, 2.24) is 4.90 Å². The summed E-state index contributed by atoms with van der Waals surface area (Å²) < 4.78 is 0. The Morgan fingerprint density at radius 1 is 1.32 bits per heavy atom. The maximum absolute atomic E-state index is 8.97. The molecule has 0 amide bonds. The largest absolute Gasteiger partial charge is 0.411 e. The Balaban J connectivity index is 1.93. The van der Waals surface area contributed by atoms with Gasteiger partial charge in [-0.05, 0) is 49.9 Å². The van der Waals surface area contributed by atoms with Crippen LogP contribution in [-0.2, 0) is 0 Å². The molecule has 4 heteroatoms. The third-order valence-electron chi connectivity index (χ3n) is 4.87. The van der Waals surface area contributed by atoms with Gasteiger partial charge in [0.05, 0.1) is 0 Å². The van der Waals surface area contributed by atoms with Crippen molar-refractivity contribution in [2.75, 3.05) is 7.05 Å². The van der Waals surface area contributed by atoms with Gasteiger partial charge in [0, 0.05) is 29.2 Å². The second-order valence-electron chi connectivity index (χ2n) is 5.70. The van der Waals surface area contributed by atoms with E-state index in [1.165, 1.54) is 18.4 Å². The number of hydrogen-bond donors (Lipinski definition) is 1. The van der Waals surface area contributed by atoms with Gasteiger partial charge in [0.25, 0.3) is 0 Å². The first-order valence-corrected chi connectivity index (χ1v) is 7.23. The molecule has 2 aliphatic heterocycles. The lowest BCUT2D eigenvalue weighted by atomic mass is 9.77. The van der Waals surface area contributed by atoms with E-state index in [1.54, 1.807) is 6.21 Å². The summed E-state index contributed by atoms with van der Waals surface area (Å²) in [7, 11) is 2.19. The normalized spacial score (nSPS) is 35.1. The first-order valence-electron chi connectivity index (χ1n) is 6.85. The highest BCUT2D eigenvalue weighted by atomic mass is 35.5. The number of benzene rings is 1. The second-order valence-corrected chi connectivity index (χ2v) is 6.14. The number of piperidine rings is 1. The molecule has 2 heterocycles. The molecule has 102 valence electrons. The minimum Gasteiger partial charge on any atom is -0.411 e. The molecule has 0 radical (unpaired) electrons. The summed E-state index contributed by atoms with van der Waals surface area (Å²) in [6.45, 7) is 0. The van der Waals surface area contributed by atoms with E-state index in [1.807, 2.05) is 12.1 Å². The van der Waals surface area contributed by atoms with Crippen LogP contribution >= 0.6 is 11.6 Å². The van der Waals surface area contributed by atoms with Gasteiger partial charge in [-0.15, -0.1) is 5.16 Å². The molecule has 0 saturated carbocycles. The zero-order valence-electron chi connectivity index (χ0n) is 11.0. The van der Waals surface area contributed by atoms with Crippen molar-refractivity contribution < 1.29 is 5.21 Å². The summed E-state index contributed by atoms with van der Waals surface area (Å²) in [5.41, 5.74) is 1.30. The number of rotatable bonds is 2. The Morgan fingerprint density at radius 2 is 2.05 bits per heavy atom. The van der Waals surface area contributed by atoms with Crippen LogP contribution in [0.3, 0.4) is 0 Å². The van der Waals surface area contributed by atoms with Gasteiger partial charge in [0.1, 0.15) is 0 Å². The average Bonchev–Trinajstić information content (AvgIpc) is 2.65. The molecule has 3 nitrogen and oxygen atoms in total. The van der Waals surface area contributed by atoms with E-state index in [-0.39, 0.29) is 5.92 Å². The first kappa shape index (κ1) is 12.9. The standard InChI is InChI=1S/C15H19ClN2O/c1-18-12-6-7-15(18)14(9-17-19)13(8-12)10-2-4-11(16)5-3-10/h2-5,9,12-15,19H,6-8H2,1H3/t12-,13+,14+,15+/m0/s1. The predicted octanol–water partition coefficient (Wildman–Crippen LogP) is 3.37. The van der Waals surface area contributed by atoms with Gasteiger partial charge in [0.2, 0.25) is 0 Å². The number of oxime groups is 1. The predicted molar refractivity (Wildman–Crippen MR) is 77.2 cm³/mol. The Labute approximate surface area is 118 Å². The first-order chi connectivity index (χ1) is 9.20. The summed E-state index contributed by atoms with van der Waals surface area (Å²) in [6.07, 6.45) is 5.30. The van der Waals surface area contributed by atoms with Crippen molar-refractivity contribution in [2.45, 2.75) is 37.3 Å². The van der Waals surface area contributed by atoms with Gasteiger partial charge in [-0.2, -0.15) is 0 Å². The summed E-state index contributed by atoms with van der Waals surface area (Å²) in [4.78, 5) is 2.46. The molecule has 0 aromatic heterocycles. The molecule has 4 atom stereocenters. The minimum atomic E-state index is 0.287. The highest BCUT2D eigenvalue weighted by Gasteiger charge is 2.45. The summed E-state index contributed by atoms with van der Waals surface area (Å²) >= 11 is 5.97. The molecule has 1 aromatic carbocycles. The van der Waals surface area contributed by atoms with Crippen molar-refractivity contribution >= 4 is 17.8 Å². The van der Waals surface area contributed by atoms with E-state index in [0.29, 0.717) is 18.0 Å². The lowest BCUT2D eigenvalue weighted by molar-refractivity contribution is 0.133. The maximum atomic E-state index is 8.97. The summed E-state index contributed by atoms with van der Waals surface area (Å²) in [5, 5.41) is 13.1. The molecule has 1 aromatic rings. The summed E-state index contributed by atoms with van der Waals surface area (Å²) in [5.74, 6) is 0.719. The van der Waals surface area contributed by atoms with Crippen LogP contribution in [0.25, 0.3) is 0 Å². The van der Waals surface area contributed by atoms with Crippen LogP contribution in [0, 0.1) is 5.92 Å². The summed E-state index contributed by atoms with van der Waals surface area (Å²) in [6, 6.07) is 9.27. The molecule has 0 unspecified atom stereocenters. The number of halogens is 1. The zero-order valence-corrected chi connectivity index (χ0v) is 11.8. The second kappa shape index (κ2) is 5.14. The van der Waals surface area contributed by atoms with Crippen molar-refractivity contribution in [3.05, 3.63) is 34.9 Å². The van der Waals surface area contributed by atoms with E-state index in [4.69, 9.17) is 16.8 Å². The quantitative estimate of drug-likeness (QED) is 0.511. The molecule has 2 bridgehead atoms. The van der Waals surface area contributed by atoms with Gasteiger partial charge >= 0.3 is 0 Å². The Bertz CT molecular complexity index is 474. The third kappa shape index (κ3) is 2.26. The van der Waals surface area contributed by atoms with Crippen LogP contribution in [0.5, 0.6) is 0 Å². The molecule has 0 aliphatic carbocycles. The van der Waals surface area contributed by atoms with Crippen LogP contribution in [-0.4, -0.2) is 35.5 Å². The lowest BCUT2D eigenvalue weighted by Gasteiger charge is -2.41. The average molecular weight is 279 g/mol. The van der Waals surface area contributed by atoms with Crippen molar-refractivity contribution in [3.63, 3.8) is 0 Å². The number of hydrogen-bond acceptors (Lipinski definition) is 3. The third-order valence-corrected chi connectivity index (χ3v) is 5.12. The van der Waals surface area contributed by atoms with Crippen LogP contribution in [0.4, 0.5) is 0 Å². The minimum absolute atomic E-state index is 0.287. The molecule has 3 rings (SSSR count). The lowest BCUT2D eigenvalue weighted by Crippen LogP contribution is -2.46. The fourth-order valence-corrected chi connectivity index (χ4v) is 3.98. The topological polar surface area (TPSA) is 35.8 Å². The molecule has 19 heavy (non-hydrogen) atoms. The number of fused-ring (bicyclic) bond motifs is 2. The van der Waals surface area contributed by atoms with Crippen LogP contribution in [0.15, 0.2) is 29.4 Å². The highest BCUT2D eigenvalue weighted by Crippen LogP contribution is 2.45. The monoisotopic (exact) mass is 278 g/mol. The van der Waals surface area contributed by atoms with E-state index in [2.05, 4.69) is 29.2 Å². The van der Waals surface area contributed by atoms with Gasteiger partial charge in [0.15, 0.2) is 0 Å². The van der Waals surface area contributed by atoms with E-state index in [9.17, 15) is 0 Å². The van der Waals surface area contributed by atoms with Gasteiger partial charge in [-0.3, -0.25) is 4.90 Å². The Morgan fingerprint density at radius 3 is 2.74 bits per heavy atom. The molecule has 1 N–H and O–H groups in total. The highest BCUT2D eigenvalue weighted by molar-refractivity contribution is 6.30. The number of nitrogens with zero attached hydrogens (tertiary/aromatic N) is 2. The molecular formula is C15H19ClN2O. The SMILES string of the molecule is CN1[C@H]2CC[C@@H]1[C@H](C=NO)[C@@H](c1ccc(Cl)cc1)C2. The Hall–Kier alpha value is -1.06. The fraction of sp³-hybridized carbons (Fsp3) is 0.533. The fourth-order valence-electron chi connectivity index (χ4n) is 3.86. The molecule has 2 saturated heterocycles. The molecule has 2 aliphatic rings. The molecule has 0 spiro atoms.